The number of carbonyl (C=O) groups is 2. The number of halogens is 2. The minimum atomic E-state index is -0.973. The van der Waals surface area contributed by atoms with Crippen molar-refractivity contribution in [3.63, 3.8) is 0 Å². The number of para-hydroxylation sites is 1. The molecule has 0 saturated heterocycles. The Labute approximate surface area is 145 Å². The highest BCUT2D eigenvalue weighted by atomic mass is 19.1. The van der Waals surface area contributed by atoms with Gasteiger partial charge in [0.25, 0.3) is 5.91 Å². The summed E-state index contributed by atoms with van der Waals surface area (Å²) in [6, 6.07) is 3.05. The van der Waals surface area contributed by atoms with Crippen LogP contribution in [0.1, 0.15) is 11.4 Å². The van der Waals surface area contributed by atoms with Gasteiger partial charge in [-0.1, -0.05) is 6.07 Å². The Kier molecular flexibility index (Phi) is 5.60. The van der Waals surface area contributed by atoms with Crippen LogP contribution >= 0.6 is 0 Å². The van der Waals surface area contributed by atoms with Gasteiger partial charge >= 0.3 is 11.7 Å². The molecule has 0 saturated carbocycles. The second kappa shape index (κ2) is 7.68. The van der Waals surface area contributed by atoms with Crippen molar-refractivity contribution in [1.29, 1.82) is 0 Å². The molecule has 26 heavy (non-hydrogen) atoms. The molecule has 0 bridgehead atoms. The van der Waals surface area contributed by atoms with Crippen molar-refractivity contribution in [2.24, 2.45) is 0 Å². The molecule has 0 fully saturated rings. The fourth-order valence-electron chi connectivity index (χ4n) is 2.21. The van der Waals surface area contributed by atoms with Gasteiger partial charge in [-0.2, -0.15) is 5.10 Å². The van der Waals surface area contributed by atoms with Gasteiger partial charge in [0, 0.05) is 0 Å². The van der Waals surface area contributed by atoms with Crippen LogP contribution in [0.15, 0.2) is 18.2 Å². The van der Waals surface area contributed by atoms with Crippen LogP contribution in [0, 0.1) is 35.6 Å². The van der Waals surface area contributed by atoms with Gasteiger partial charge in [-0.05, 0) is 26.0 Å². The largest absolute Gasteiger partial charge is 0.454 e. The van der Waals surface area contributed by atoms with Gasteiger partial charge in [-0.15, -0.1) is 0 Å². The van der Waals surface area contributed by atoms with Crippen molar-refractivity contribution in [1.82, 2.24) is 9.78 Å². The normalized spacial score (nSPS) is 10.5. The minimum Gasteiger partial charge on any atom is -0.454 e. The van der Waals surface area contributed by atoms with E-state index in [1.54, 1.807) is 0 Å². The lowest BCUT2D eigenvalue weighted by Gasteiger charge is -2.08. The van der Waals surface area contributed by atoms with Crippen LogP contribution in [-0.4, -0.2) is 33.2 Å². The first kappa shape index (κ1) is 19.0. The Bertz CT molecular complexity index is 861. The van der Waals surface area contributed by atoms with Crippen LogP contribution in [0.2, 0.25) is 0 Å². The average Bonchev–Trinajstić information content (AvgIpc) is 2.83. The van der Waals surface area contributed by atoms with Crippen LogP contribution in [0.5, 0.6) is 0 Å². The third kappa shape index (κ3) is 4.18. The molecule has 2 aromatic rings. The van der Waals surface area contributed by atoms with Gasteiger partial charge in [0.15, 0.2) is 6.61 Å². The first-order valence-electron chi connectivity index (χ1n) is 7.28. The lowest BCUT2D eigenvalue weighted by molar-refractivity contribution is -0.386. The third-order valence-electron chi connectivity index (χ3n) is 3.40. The zero-order chi connectivity index (χ0) is 19.4. The van der Waals surface area contributed by atoms with E-state index in [2.05, 4.69) is 5.10 Å². The number of nitro groups is 1. The number of hydrogen-bond acceptors (Lipinski definition) is 6. The summed E-state index contributed by atoms with van der Waals surface area (Å²) in [7, 11) is 0. The smallest absolute Gasteiger partial charge is 0.328 e. The van der Waals surface area contributed by atoms with Crippen LogP contribution in [0.25, 0.3) is 0 Å². The summed E-state index contributed by atoms with van der Waals surface area (Å²) < 4.78 is 32.6. The predicted octanol–water partition coefficient (Wildman–Crippen LogP) is 1.87. The topological polar surface area (TPSA) is 116 Å². The molecule has 0 aliphatic heterocycles. The molecule has 1 aromatic carbocycles. The Hall–Kier alpha value is -3.37. The fraction of sp³-hybridized carbons (Fsp3) is 0.267. The molecular weight excluding hydrogens is 354 g/mol. The molecule has 0 aliphatic rings. The first-order chi connectivity index (χ1) is 12.2. The van der Waals surface area contributed by atoms with E-state index in [1.807, 2.05) is 5.32 Å². The Balaban J connectivity index is 1.94. The van der Waals surface area contributed by atoms with Crippen molar-refractivity contribution in [2.45, 2.75) is 20.4 Å². The van der Waals surface area contributed by atoms with E-state index in [9.17, 15) is 28.5 Å². The highest BCUT2D eigenvalue weighted by Crippen LogP contribution is 2.21. The molecule has 1 amide bonds. The molecule has 0 atom stereocenters. The summed E-state index contributed by atoms with van der Waals surface area (Å²) in [6.45, 7) is 1.60. The van der Waals surface area contributed by atoms with E-state index in [1.165, 1.54) is 13.8 Å². The van der Waals surface area contributed by atoms with Crippen molar-refractivity contribution in [3.8, 4) is 0 Å². The Morgan fingerprint density at radius 3 is 2.46 bits per heavy atom. The van der Waals surface area contributed by atoms with E-state index in [4.69, 9.17) is 4.74 Å². The van der Waals surface area contributed by atoms with Crippen LogP contribution < -0.4 is 5.32 Å². The number of benzene rings is 1. The number of ether oxygens (including phenoxy) is 1. The Morgan fingerprint density at radius 1 is 1.31 bits per heavy atom. The summed E-state index contributed by atoms with van der Waals surface area (Å²) in [5.74, 6) is -3.78. The van der Waals surface area contributed by atoms with Crippen molar-refractivity contribution >= 4 is 23.3 Å². The molecular formula is C15H14F2N4O5. The van der Waals surface area contributed by atoms with Crippen LogP contribution in [0.4, 0.5) is 20.2 Å². The SMILES string of the molecule is Cc1nn(CC(=O)OCC(=O)Nc2c(F)cccc2F)c(C)c1[N+](=O)[O-]. The van der Waals surface area contributed by atoms with E-state index >= 15 is 0 Å². The molecule has 2 rings (SSSR count). The number of amides is 1. The summed E-state index contributed by atoms with van der Waals surface area (Å²) in [5, 5.41) is 16.7. The van der Waals surface area contributed by atoms with Gasteiger partial charge in [0.2, 0.25) is 0 Å². The molecule has 0 radical (unpaired) electrons. The van der Waals surface area contributed by atoms with E-state index in [-0.39, 0.29) is 17.1 Å². The average molecular weight is 368 g/mol. The third-order valence-corrected chi connectivity index (χ3v) is 3.40. The standard InChI is InChI=1S/C15H14F2N4O5/c1-8-15(21(24)25)9(2)20(19-8)6-13(23)26-7-12(22)18-14-10(16)4-3-5-11(14)17/h3-5H,6-7H2,1-2H3,(H,18,22). The summed E-state index contributed by atoms with van der Waals surface area (Å²) >= 11 is 0. The molecule has 9 nitrogen and oxygen atoms in total. The van der Waals surface area contributed by atoms with Gasteiger partial charge in [0.05, 0.1) is 4.92 Å². The number of esters is 1. The monoisotopic (exact) mass is 368 g/mol. The molecule has 0 spiro atoms. The maximum absolute atomic E-state index is 13.4. The number of hydrogen-bond donors (Lipinski definition) is 1. The number of carbonyl (C=O) groups excluding carboxylic acids is 2. The highest BCUT2D eigenvalue weighted by Gasteiger charge is 2.23. The summed E-state index contributed by atoms with van der Waals surface area (Å²) in [6.07, 6.45) is 0. The molecule has 0 unspecified atom stereocenters. The van der Waals surface area contributed by atoms with E-state index < -0.39 is 47.3 Å². The number of nitrogens with zero attached hydrogens (tertiary/aromatic N) is 3. The quantitative estimate of drug-likeness (QED) is 0.473. The molecule has 1 N–H and O–H groups in total. The number of nitrogens with one attached hydrogen (secondary N) is 1. The first-order valence-corrected chi connectivity index (χ1v) is 7.28. The zero-order valence-electron chi connectivity index (χ0n) is 13.8. The van der Waals surface area contributed by atoms with Crippen LogP contribution in [-0.2, 0) is 20.9 Å². The zero-order valence-corrected chi connectivity index (χ0v) is 13.8. The van der Waals surface area contributed by atoms with Crippen molar-refractivity contribution in [3.05, 3.63) is 51.3 Å². The molecule has 0 aliphatic carbocycles. The second-order valence-electron chi connectivity index (χ2n) is 5.24. The van der Waals surface area contributed by atoms with Gasteiger partial charge < -0.3 is 10.1 Å². The Morgan fingerprint density at radius 2 is 1.92 bits per heavy atom. The molecule has 138 valence electrons. The number of anilines is 1. The van der Waals surface area contributed by atoms with Crippen molar-refractivity contribution in [2.75, 3.05) is 11.9 Å². The summed E-state index contributed by atoms with van der Waals surface area (Å²) in [5.41, 5.74) is -0.580. The molecule has 11 heteroatoms. The maximum Gasteiger partial charge on any atom is 0.328 e. The van der Waals surface area contributed by atoms with Gasteiger partial charge in [-0.25, -0.2) is 8.78 Å². The number of aromatic nitrogens is 2. The number of aryl methyl sites for hydroxylation is 1. The predicted molar refractivity (Wildman–Crippen MR) is 84.3 cm³/mol. The molecule has 1 heterocycles. The fourth-order valence-corrected chi connectivity index (χ4v) is 2.21. The van der Waals surface area contributed by atoms with Crippen molar-refractivity contribution < 1.29 is 28.0 Å². The lowest BCUT2D eigenvalue weighted by Crippen LogP contribution is -2.24. The van der Waals surface area contributed by atoms with E-state index in [0.717, 1.165) is 22.9 Å². The van der Waals surface area contributed by atoms with Gasteiger partial charge in [0.1, 0.15) is 35.3 Å². The highest BCUT2D eigenvalue weighted by molar-refractivity contribution is 5.93. The number of rotatable bonds is 6. The minimum absolute atomic E-state index is 0.132. The van der Waals surface area contributed by atoms with E-state index in [0.29, 0.717) is 0 Å². The maximum atomic E-state index is 13.4. The summed E-state index contributed by atoms with van der Waals surface area (Å²) in [4.78, 5) is 33.7. The second-order valence-corrected chi connectivity index (χ2v) is 5.24. The molecule has 1 aromatic heterocycles. The lowest BCUT2D eigenvalue weighted by atomic mass is 10.3. The van der Waals surface area contributed by atoms with Gasteiger partial charge in [-0.3, -0.25) is 24.4 Å². The van der Waals surface area contributed by atoms with Crippen LogP contribution in [0.3, 0.4) is 0 Å².